The topological polar surface area (TPSA) is 51.1 Å². The highest BCUT2D eigenvalue weighted by atomic mass is 32.2. The van der Waals surface area contributed by atoms with Gasteiger partial charge in [0.1, 0.15) is 5.82 Å². The Hall–Kier alpha value is -1.82. The Balaban J connectivity index is 2.23. The van der Waals surface area contributed by atoms with Gasteiger partial charge in [-0.15, -0.1) is 0 Å². The minimum absolute atomic E-state index is 0.100. The quantitative estimate of drug-likeness (QED) is 0.874. The second kappa shape index (κ2) is 5.05. The van der Waals surface area contributed by atoms with E-state index in [0.29, 0.717) is 6.54 Å². The molecule has 1 N–H and O–H groups in total. The fourth-order valence-corrected chi connectivity index (χ4v) is 2.38. The maximum absolute atomic E-state index is 13.6. The van der Waals surface area contributed by atoms with Crippen LogP contribution in [-0.4, -0.2) is 19.2 Å². The van der Waals surface area contributed by atoms with Gasteiger partial charge in [-0.1, -0.05) is 0 Å². The monoisotopic (exact) mass is 282 g/mol. The lowest BCUT2D eigenvalue weighted by atomic mass is 10.3. The molecule has 0 aliphatic rings. The van der Waals surface area contributed by atoms with Crippen molar-refractivity contribution in [1.29, 1.82) is 0 Å². The molecule has 0 bridgehead atoms. The highest BCUT2D eigenvalue weighted by Gasteiger charge is 2.11. The molecular weight excluding hydrogens is 267 g/mol. The largest absolute Gasteiger partial charge is 0.377 e. The van der Waals surface area contributed by atoms with Crippen molar-refractivity contribution in [2.24, 2.45) is 7.05 Å². The first-order valence-electron chi connectivity index (χ1n) is 5.71. The van der Waals surface area contributed by atoms with E-state index in [4.69, 9.17) is 0 Å². The van der Waals surface area contributed by atoms with Gasteiger partial charge in [-0.05, 0) is 30.3 Å². The molecule has 102 valence electrons. The summed E-state index contributed by atoms with van der Waals surface area (Å²) in [5, 5.41) is 2.91. The van der Waals surface area contributed by atoms with E-state index in [1.165, 1.54) is 12.1 Å². The number of hydrogen-bond donors (Lipinski definition) is 1. The molecule has 1 heterocycles. The Morgan fingerprint density at radius 2 is 2.05 bits per heavy atom. The minimum Gasteiger partial charge on any atom is -0.377 e. The van der Waals surface area contributed by atoms with Crippen molar-refractivity contribution in [3.63, 3.8) is 0 Å². The summed E-state index contributed by atoms with van der Waals surface area (Å²) in [4.78, 5) is 0.100. The number of sulfone groups is 1. The van der Waals surface area contributed by atoms with Crippen LogP contribution < -0.4 is 5.32 Å². The Labute approximate surface area is 111 Å². The van der Waals surface area contributed by atoms with Gasteiger partial charge < -0.3 is 9.88 Å². The van der Waals surface area contributed by atoms with E-state index >= 15 is 0 Å². The number of aryl methyl sites for hydroxylation is 1. The molecule has 2 aromatic rings. The molecule has 0 aliphatic carbocycles. The van der Waals surface area contributed by atoms with Gasteiger partial charge in [0.05, 0.1) is 17.1 Å². The van der Waals surface area contributed by atoms with Crippen LogP contribution in [0.2, 0.25) is 0 Å². The van der Waals surface area contributed by atoms with Crippen LogP contribution in [-0.2, 0) is 23.4 Å². The number of hydrogen-bond acceptors (Lipinski definition) is 3. The molecule has 1 aromatic carbocycles. The average molecular weight is 282 g/mol. The van der Waals surface area contributed by atoms with Crippen LogP contribution in [0.15, 0.2) is 41.4 Å². The highest BCUT2D eigenvalue weighted by molar-refractivity contribution is 7.90. The molecule has 0 radical (unpaired) electrons. The number of nitrogens with zero attached hydrogens (tertiary/aromatic N) is 1. The lowest BCUT2D eigenvalue weighted by molar-refractivity contribution is 0.600. The summed E-state index contributed by atoms with van der Waals surface area (Å²) in [5.74, 6) is -0.471. The van der Waals surface area contributed by atoms with Crippen molar-refractivity contribution in [1.82, 2.24) is 4.57 Å². The SMILES string of the molecule is Cn1cccc1CNc1cc(S(C)(=O)=O)ccc1F. The summed E-state index contributed by atoms with van der Waals surface area (Å²) in [6, 6.07) is 7.53. The third kappa shape index (κ3) is 3.14. The lowest BCUT2D eigenvalue weighted by Gasteiger charge is -2.10. The van der Waals surface area contributed by atoms with Gasteiger partial charge in [0.15, 0.2) is 9.84 Å². The predicted molar refractivity (Wildman–Crippen MR) is 72.2 cm³/mol. The first kappa shape index (κ1) is 13.6. The summed E-state index contributed by atoms with van der Waals surface area (Å²) in [7, 11) is -1.45. The van der Waals surface area contributed by atoms with Crippen LogP contribution in [0.5, 0.6) is 0 Å². The smallest absolute Gasteiger partial charge is 0.175 e. The fraction of sp³-hybridized carbons (Fsp3) is 0.231. The number of anilines is 1. The molecular formula is C13H15FN2O2S. The number of halogens is 1. The van der Waals surface area contributed by atoms with Crippen LogP contribution in [0.4, 0.5) is 10.1 Å². The molecule has 0 amide bonds. The maximum Gasteiger partial charge on any atom is 0.175 e. The van der Waals surface area contributed by atoms with Gasteiger partial charge in [-0.3, -0.25) is 0 Å². The van der Waals surface area contributed by atoms with Crippen molar-refractivity contribution < 1.29 is 12.8 Å². The van der Waals surface area contributed by atoms with Crippen molar-refractivity contribution in [2.45, 2.75) is 11.4 Å². The second-order valence-corrected chi connectivity index (χ2v) is 6.39. The summed E-state index contributed by atoms with van der Waals surface area (Å²) < 4.78 is 38.4. The first-order chi connectivity index (χ1) is 8.88. The molecule has 0 aliphatic heterocycles. The summed E-state index contributed by atoms with van der Waals surface area (Å²) in [6.45, 7) is 0.424. The standard InChI is InChI=1S/C13H15FN2O2S/c1-16-7-3-4-10(16)9-15-13-8-11(19(2,17)18)5-6-12(13)14/h3-8,15H,9H2,1-2H3. The van der Waals surface area contributed by atoms with Gasteiger partial charge in [0.2, 0.25) is 0 Å². The maximum atomic E-state index is 13.6. The van der Waals surface area contributed by atoms with E-state index in [1.54, 1.807) is 0 Å². The third-order valence-corrected chi connectivity index (χ3v) is 3.99. The molecule has 4 nitrogen and oxygen atoms in total. The van der Waals surface area contributed by atoms with E-state index in [2.05, 4.69) is 5.32 Å². The van der Waals surface area contributed by atoms with E-state index in [9.17, 15) is 12.8 Å². The Morgan fingerprint density at radius 3 is 2.63 bits per heavy atom. The molecule has 0 unspecified atom stereocenters. The molecule has 1 aromatic heterocycles. The molecule has 19 heavy (non-hydrogen) atoms. The molecule has 0 saturated carbocycles. The molecule has 0 fully saturated rings. The zero-order valence-corrected chi connectivity index (χ0v) is 11.5. The number of aromatic nitrogens is 1. The highest BCUT2D eigenvalue weighted by Crippen LogP contribution is 2.20. The Kier molecular flexibility index (Phi) is 3.61. The first-order valence-corrected chi connectivity index (χ1v) is 7.61. The van der Waals surface area contributed by atoms with Crippen LogP contribution >= 0.6 is 0 Å². The zero-order valence-electron chi connectivity index (χ0n) is 10.7. The van der Waals surface area contributed by atoms with E-state index in [1.807, 2.05) is 29.9 Å². The van der Waals surface area contributed by atoms with Crippen LogP contribution in [0, 0.1) is 5.82 Å². The second-order valence-electron chi connectivity index (χ2n) is 4.38. The van der Waals surface area contributed by atoms with Gasteiger partial charge in [0.25, 0.3) is 0 Å². The Morgan fingerprint density at radius 1 is 1.32 bits per heavy atom. The third-order valence-electron chi connectivity index (χ3n) is 2.88. The zero-order chi connectivity index (χ0) is 14.0. The Bertz CT molecular complexity index is 692. The van der Waals surface area contributed by atoms with Crippen molar-refractivity contribution in [3.8, 4) is 0 Å². The van der Waals surface area contributed by atoms with Crippen LogP contribution in [0.25, 0.3) is 0 Å². The van der Waals surface area contributed by atoms with Crippen molar-refractivity contribution in [2.75, 3.05) is 11.6 Å². The molecule has 0 saturated heterocycles. The summed E-state index contributed by atoms with van der Waals surface area (Å²) in [6.07, 6.45) is 2.99. The fourth-order valence-electron chi connectivity index (χ4n) is 1.74. The summed E-state index contributed by atoms with van der Waals surface area (Å²) >= 11 is 0. The minimum atomic E-state index is -3.33. The molecule has 0 spiro atoms. The van der Waals surface area contributed by atoms with Crippen molar-refractivity contribution in [3.05, 3.63) is 48.0 Å². The van der Waals surface area contributed by atoms with Gasteiger partial charge in [-0.25, -0.2) is 12.8 Å². The molecule has 6 heteroatoms. The molecule has 2 rings (SSSR count). The van der Waals surface area contributed by atoms with E-state index in [-0.39, 0.29) is 10.6 Å². The van der Waals surface area contributed by atoms with Gasteiger partial charge in [-0.2, -0.15) is 0 Å². The number of rotatable bonds is 4. The van der Waals surface area contributed by atoms with Crippen molar-refractivity contribution >= 4 is 15.5 Å². The summed E-state index contributed by atoms with van der Waals surface area (Å²) in [5.41, 5.74) is 1.16. The van der Waals surface area contributed by atoms with Gasteiger partial charge >= 0.3 is 0 Å². The van der Waals surface area contributed by atoms with Crippen LogP contribution in [0.1, 0.15) is 5.69 Å². The number of benzene rings is 1. The lowest BCUT2D eigenvalue weighted by Crippen LogP contribution is -2.06. The normalized spacial score (nSPS) is 11.5. The molecule has 0 atom stereocenters. The van der Waals surface area contributed by atoms with Gasteiger partial charge in [0, 0.05) is 25.2 Å². The van der Waals surface area contributed by atoms with E-state index in [0.717, 1.165) is 18.0 Å². The number of nitrogens with one attached hydrogen (secondary N) is 1. The predicted octanol–water partition coefficient (Wildman–Crippen LogP) is 2.18. The average Bonchev–Trinajstić information content (AvgIpc) is 2.72. The van der Waals surface area contributed by atoms with E-state index < -0.39 is 15.7 Å². The van der Waals surface area contributed by atoms with Crippen LogP contribution in [0.3, 0.4) is 0 Å².